The van der Waals surface area contributed by atoms with Gasteiger partial charge in [-0.1, -0.05) is 60.7 Å². The van der Waals surface area contributed by atoms with E-state index in [1.165, 1.54) is 31.4 Å². The standard InChI is InChI=1S/C30H32N4O7/c1-40-28(37)26(35)18-12-14-19(15-13-18)33-27(36)25(11-6-16-32-29(31)38)34-30(39)41-17-24-22-9-4-2-7-20(22)21-8-3-5-10-23(21)24/h2-5,7-10,12-15,24-26,35H,6,11,16-17H2,1H3,(H,33,36)(H,34,39)(H3,31,32,38). The van der Waals surface area contributed by atoms with Crippen molar-refractivity contribution in [2.45, 2.75) is 30.9 Å². The lowest BCUT2D eigenvalue weighted by atomic mass is 9.98. The van der Waals surface area contributed by atoms with E-state index in [0.29, 0.717) is 17.7 Å². The first-order chi connectivity index (χ1) is 19.8. The zero-order valence-corrected chi connectivity index (χ0v) is 22.5. The molecule has 1 aliphatic rings. The monoisotopic (exact) mass is 560 g/mol. The number of nitrogens with two attached hydrogens (primary N) is 1. The minimum absolute atomic E-state index is 0.0847. The molecule has 0 fully saturated rings. The van der Waals surface area contributed by atoms with E-state index in [2.05, 4.69) is 20.7 Å². The molecule has 1 aliphatic carbocycles. The lowest BCUT2D eigenvalue weighted by Gasteiger charge is -2.20. The molecule has 0 aliphatic heterocycles. The number of rotatable bonds is 11. The Balaban J connectivity index is 1.40. The Bertz CT molecular complexity index is 1360. The number of urea groups is 1. The van der Waals surface area contributed by atoms with Crippen LogP contribution in [0.2, 0.25) is 0 Å². The van der Waals surface area contributed by atoms with Crippen LogP contribution in [-0.4, -0.2) is 55.4 Å². The van der Waals surface area contributed by atoms with E-state index in [-0.39, 0.29) is 25.5 Å². The van der Waals surface area contributed by atoms with Crippen LogP contribution in [0.3, 0.4) is 0 Å². The van der Waals surface area contributed by atoms with Gasteiger partial charge in [0.25, 0.3) is 0 Å². The highest BCUT2D eigenvalue weighted by Gasteiger charge is 2.30. The van der Waals surface area contributed by atoms with Crippen LogP contribution in [0.25, 0.3) is 11.1 Å². The van der Waals surface area contributed by atoms with Crippen molar-refractivity contribution in [2.75, 3.05) is 25.6 Å². The summed E-state index contributed by atoms with van der Waals surface area (Å²) >= 11 is 0. The SMILES string of the molecule is COC(=O)C(O)c1ccc(NC(=O)C(CCCNC(N)=O)NC(=O)OCC2c3ccccc3-c3ccccc32)cc1. The topological polar surface area (TPSA) is 169 Å². The summed E-state index contributed by atoms with van der Waals surface area (Å²) in [4.78, 5) is 48.6. The Morgan fingerprint density at radius 3 is 2.12 bits per heavy atom. The van der Waals surface area contributed by atoms with Gasteiger partial charge in [0.15, 0.2) is 6.10 Å². The molecule has 11 nitrogen and oxygen atoms in total. The lowest BCUT2D eigenvalue weighted by molar-refractivity contribution is -0.150. The number of esters is 1. The first kappa shape index (κ1) is 29.1. The van der Waals surface area contributed by atoms with Gasteiger partial charge in [0, 0.05) is 18.2 Å². The minimum Gasteiger partial charge on any atom is -0.467 e. The van der Waals surface area contributed by atoms with Crippen molar-refractivity contribution < 1.29 is 33.8 Å². The fourth-order valence-corrected chi connectivity index (χ4v) is 4.79. The molecule has 0 spiro atoms. The number of nitrogens with one attached hydrogen (secondary N) is 3. The molecular formula is C30H32N4O7. The second-order valence-corrected chi connectivity index (χ2v) is 9.49. The summed E-state index contributed by atoms with van der Waals surface area (Å²) < 4.78 is 10.1. The molecule has 41 heavy (non-hydrogen) atoms. The maximum Gasteiger partial charge on any atom is 0.407 e. The predicted octanol–water partition coefficient (Wildman–Crippen LogP) is 3.19. The quantitative estimate of drug-likeness (QED) is 0.177. The fraction of sp³-hybridized carbons (Fsp3) is 0.267. The number of hydrogen-bond donors (Lipinski definition) is 5. The molecule has 3 aromatic rings. The highest BCUT2D eigenvalue weighted by atomic mass is 16.5. The number of methoxy groups -OCH3 is 1. The summed E-state index contributed by atoms with van der Waals surface area (Å²) in [6, 6.07) is 20.2. The highest BCUT2D eigenvalue weighted by molar-refractivity contribution is 5.96. The van der Waals surface area contributed by atoms with Crippen molar-refractivity contribution >= 4 is 29.7 Å². The molecule has 0 heterocycles. The summed E-state index contributed by atoms with van der Waals surface area (Å²) in [7, 11) is 1.17. The third-order valence-electron chi connectivity index (χ3n) is 6.84. The van der Waals surface area contributed by atoms with Crippen molar-refractivity contribution in [1.29, 1.82) is 0 Å². The van der Waals surface area contributed by atoms with Gasteiger partial charge in [-0.15, -0.1) is 0 Å². The summed E-state index contributed by atoms with van der Waals surface area (Å²) in [6.45, 7) is 0.299. The molecule has 2 atom stereocenters. The van der Waals surface area contributed by atoms with Crippen LogP contribution in [0.5, 0.6) is 0 Å². The summed E-state index contributed by atoms with van der Waals surface area (Å²) in [5, 5.41) is 17.8. The number of ether oxygens (including phenoxy) is 2. The van der Waals surface area contributed by atoms with Crippen LogP contribution in [0, 0.1) is 0 Å². The third kappa shape index (κ3) is 7.20. The molecule has 4 amide bonds. The van der Waals surface area contributed by atoms with Crippen LogP contribution >= 0.6 is 0 Å². The number of fused-ring (bicyclic) bond motifs is 3. The zero-order valence-electron chi connectivity index (χ0n) is 22.5. The molecule has 0 bridgehead atoms. The number of benzene rings is 3. The van der Waals surface area contributed by atoms with Crippen LogP contribution in [0.1, 0.15) is 41.6 Å². The van der Waals surface area contributed by atoms with E-state index in [0.717, 1.165) is 22.3 Å². The molecule has 6 N–H and O–H groups in total. The Hall–Kier alpha value is -4.90. The summed E-state index contributed by atoms with van der Waals surface area (Å²) in [5.74, 6) is -1.46. The van der Waals surface area contributed by atoms with Gasteiger partial charge < -0.3 is 36.3 Å². The van der Waals surface area contributed by atoms with E-state index < -0.39 is 36.1 Å². The van der Waals surface area contributed by atoms with Crippen molar-refractivity contribution in [1.82, 2.24) is 10.6 Å². The molecule has 0 aromatic heterocycles. The molecule has 2 unspecified atom stereocenters. The van der Waals surface area contributed by atoms with Gasteiger partial charge in [0.1, 0.15) is 12.6 Å². The molecular weight excluding hydrogens is 528 g/mol. The van der Waals surface area contributed by atoms with Crippen LogP contribution in [-0.2, 0) is 19.1 Å². The van der Waals surface area contributed by atoms with E-state index >= 15 is 0 Å². The Kier molecular flexibility index (Phi) is 9.54. The van der Waals surface area contributed by atoms with Crippen molar-refractivity contribution in [2.24, 2.45) is 5.73 Å². The number of hydrogen-bond acceptors (Lipinski definition) is 7. The van der Waals surface area contributed by atoms with Crippen LogP contribution in [0.15, 0.2) is 72.8 Å². The maximum atomic E-state index is 13.1. The number of carbonyl (C=O) groups excluding carboxylic acids is 4. The minimum atomic E-state index is -1.45. The molecule has 4 rings (SSSR count). The Labute approximate surface area is 237 Å². The predicted molar refractivity (Wildman–Crippen MR) is 151 cm³/mol. The van der Waals surface area contributed by atoms with Crippen molar-refractivity contribution in [3.05, 3.63) is 89.5 Å². The number of aliphatic hydroxyl groups is 1. The molecule has 0 saturated heterocycles. The van der Waals surface area contributed by atoms with Crippen molar-refractivity contribution in [3.63, 3.8) is 0 Å². The highest BCUT2D eigenvalue weighted by Crippen LogP contribution is 2.44. The Morgan fingerprint density at radius 2 is 1.54 bits per heavy atom. The van der Waals surface area contributed by atoms with Gasteiger partial charge in [0.05, 0.1) is 7.11 Å². The van der Waals surface area contributed by atoms with Crippen molar-refractivity contribution in [3.8, 4) is 11.1 Å². The number of alkyl carbamates (subject to hydrolysis) is 1. The first-order valence-corrected chi connectivity index (χ1v) is 13.1. The van der Waals surface area contributed by atoms with E-state index in [4.69, 9.17) is 10.5 Å². The summed E-state index contributed by atoms with van der Waals surface area (Å²) in [6.07, 6.45) is -1.67. The number of amides is 4. The fourth-order valence-electron chi connectivity index (χ4n) is 4.79. The molecule has 3 aromatic carbocycles. The second kappa shape index (κ2) is 13.4. The molecule has 0 saturated carbocycles. The number of anilines is 1. The average Bonchev–Trinajstić information content (AvgIpc) is 3.30. The largest absolute Gasteiger partial charge is 0.467 e. The zero-order chi connectivity index (χ0) is 29.4. The number of aliphatic hydroxyl groups excluding tert-OH is 1. The summed E-state index contributed by atoms with van der Waals surface area (Å²) in [5.41, 5.74) is 10.1. The van der Waals surface area contributed by atoms with E-state index in [1.807, 2.05) is 48.5 Å². The maximum absolute atomic E-state index is 13.1. The average molecular weight is 561 g/mol. The van der Waals surface area contributed by atoms with Gasteiger partial charge >= 0.3 is 18.1 Å². The molecule has 11 heteroatoms. The van der Waals surface area contributed by atoms with E-state index in [1.54, 1.807) is 0 Å². The van der Waals surface area contributed by atoms with Gasteiger partial charge in [-0.05, 0) is 52.8 Å². The molecule has 0 radical (unpaired) electrons. The third-order valence-corrected chi connectivity index (χ3v) is 6.84. The lowest BCUT2D eigenvalue weighted by Crippen LogP contribution is -2.44. The number of primary amides is 1. The molecule has 214 valence electrons. The van der Waals surface area contributed by atoms with Gasteiger partial charge in [-0.2, -0.15) is 0 Å². The first-order valence-electron chi connectivity index (χ1n) is 13.1. The normalized spacial score (nSPS) is 13.2. The van der Waals surface area contributed by atoms with Gasteiger partial charge in [-0.3, -0.25) is 4.79 Å². The smallest absolute Gasteiger partial charge is 0.407 e. The van der Waals surface area contributed by atoms with Crippen LogP contribution < -0.4 is 21.7 Å². The Morgan fingerprint density at radius 1 is 0.927 bits per heavy atom. The van der Waals surface area contributed by atoms with Gasteiger partial charge in [0.2, 0.25) is 5.91 Å². The second-order valence-electron chi connectivity index (χ2n) is 9.49. The van der Waals surface area contributed by atoms with Gasteiger partial charge in [-0.25, -0.2) is 14.4 Å². The van der Waals surface area contributed by atoms with Crippen LogP contribution in [0.4, 0.5) is 15.3 Å². The number of carbonyl (C=O) groups is 4. The van der Waals surface area contributed by atoms with E-state index in [9.17, 15) is 24.3 Å².